The van der Waals surface area contributed by atoms with Gasteiger partial charge in [0.15, 0.2) is 0 Å². The van der Waals surface area contributed by atoms with Crippen molar-refractivity contribution >= 4 is 33.4 Å². The first kappa shape index (κ1) is 12.7. The Bertz CT molecular complexity index is 462. The summed E-state index contributed by atoms with van der Waals surface area (Å²) in [6, 6.07) is 4.32. The highest BCUT2D eigenvalue weighted by atomic mass is 35.5. The van der Waals surface area contributed by atoms with Gasteiger partial charge >= 0.3 is 0 Å². The molecule has 0 aliphatic rings. The highest BCUT2D eigenvalue weighted by Gasteiger charge is 2.14. The van der Waals surface area contributed by atoms with Crippen LogP contribution in [0.2, 0.25) is 10.0 Å². The summed E-state index contributed by atoms with van der Waals surface area (Å²) in [5, 5.41) is 5.73. The van der Waals surface area contributed by atoms with Crippen LogP contribution in [0.15, 0.2) is 18.2 Å². The summed E-state index contributed by atoms with van der Waals surface area (Å²) in [5.74, 6) is 0. The smallest absolute Gasteiger partial charge is 0.216 e. The first-order valence-corrected chi connectivity index (χ1v) is 6.35. The van der Waals surface area contributed by atoms with E-state index < -0.39 is 16.3 Å². The predicted molar refractivity (Wildman–Crippen MR) is 61.1 cm³/mol. The fraction of sp³-hybridized carbons (Fsp3) is 0.250. The zero-order chi connectivity index (χ0) is 11.6. The number of hydrogen-bond acceptors (Lipinski definition) is 2. The lowest BCUT2D eigenvalue weighted by Crippen LogP contribution is -2.33. The van der Waals surface area contributed by atoms with Crippen molar-refractivity contribution in [3.05, 3.63) is 33.8 Å². The molecule has 0 spiro atoms. The molecule has 1 rings (SSSR count). The minimum Gasteiger partial charge on any atom is -0.216 e. The summed E-state index contributed by atoms with van der Waals surface area (Å²) in [4.78, 5) is 0. The van der Waals surface area contributed by atoms with Crippen LogP contribution >= 0.6 is 23.2 Å². The number of nitrogens with two attached hydrogens (primary N) is 1. The molecule has 84 valence electrons. The van der Waals surface area contributed by atoms with Crippen LogP contribution in [0.5, 0.6) is 0 Å². The molecule has 15 heavy (non-hydrogen) atoms. The second-order valence-electron chi connectivity index (χ2n) is 3.05. The standard InChI is InChI=1S/C8H10Cl2N2O2S/c1-5(12-15(11,13)14)7-3-2-6(9)4-8(7)10/h2-5,12H,1H3,(H2,11,13,14). The van der Waals surface area contributed by atoms with Crippen molar-refractivity contribution in [3.63, 3.8) is 0 Å². The van der Waals surface area contributed by atoms with E-state index in [-0.39, 0.29) is 0 Å². The van der Waals surface area contributed by atoms with Gasteiger partial charge in [-0.25, -0.2) is 5.14 Å². The third-order valence-electron chi connectivity index (χ3n) is 1.77. The molecule has 0 aliphatic carbocycles. The van der Waals surface area contributed by atoms with Gasteiger partial charge in [-0.05, 0) is 24.6 Å². The Hall–Kier alpha value is -0.330. The minimum atomic E-state index is -3.74. The van der Waals surface area contributed by atoms with Crippen LogP contribution in [0.4, 0.5) is 0 Å². The third-order valence-corrected chi connectivity index (χ3v) is 3.01. The maximum absolute atomic E-state index is 10.8. The average Bonchev–Trinajstić information content (AvgIpc) is 1.99. The molecule has 0 fully saturated rings. The van der Waals surface area contributed by atoms with E-state index in [0.717, 1.165) is 0 Å². The first-order valence-electron chi connectivity index (χ1n) is 4.04. The van der Waals surface area contributed by atoms with Crippen LogP contribution < -0.4 is 9.86 Å². The number of rotatable bonds is 3. The molecule has 0 bridgehead atoms. The highest BCUT2D eigenvalue weighted by Crippen LogP contribution is 2.26. The highest BCUT2D eigenvalue weighted by molar-refractivity contribution is 7.87. The molecule has 0 aliphatic heterocycles. The maximum atomic E-state index is 10.8. The summed E-state index contributed by atoms with van der Waals surface area (Å²) >= 11 is 11.6. The maximum Gasteiger partial charge on any atom is 0.274 e. The van der Waals surface area contributed by atoms with Crippen molar-refractivity contribution in [2.75, 3.05) is 0 Å². The van der Waals surface area contributed by atoms with E-state index in [2.05, 4.69) is 4.72 Å². The van der Waals surface area contributed by atoms with Crippen molar-refractivity contribution < 1.29 is 8.42 Å². The SMILES string of the molecule is CC(NS(N)(=O)=O)c1ccc(Cl)cc1Cl. The molecule has 4 nitrogen and oxygen atoms in total. The Labute approximate surface area is 98.6 Å². The molecular weight excluding hydrogens is 259 g/mol. The zero-order valence-corrected chi connectivity index (χ0v) is 10.2. The van der Waals surface area contributed by atoms with Crippen molar-refractivity contribution in [2.45, 2.75) is 13.0 Å². The van der Waals surface area contributed by atoms with Gasteiger partial charge in [0.25, 0.3) is 10.2 Å². The predicted octanol–water partition coefficient (Wildman–Crippen LogP) is 1.85. The van der Waals surface area contributed by atoms with Gasteiger partial charge in [-0.1, -0.05) is 29.3 Å². The molecule has 3 N–H and O–H groups in total. The Morgan fingerprint density at radius 1 is 1.40 bits per heavy atom. The lowest BCUT2D eigenvalue weighted by Gasteiger charge is -2.13. The van der Waals surface area contributed by atoms with Crippen LogP contribution in [0.1, 0.15) is 18.5 Å². The topological polar surface area (TPSA) is 72.2 Å². The zero-order valence-electron chi connectivity index (χ0n) is 7.87. The van der Waals surface area contributed by atoms with Crippen molar-refractivity contribution in [1.82, 2.24) is 4.72 Å². The van der Waals surface area contributed by atoms with Gasteiger partial charge in [-0.3, -0.25) is 0 Å². The van der Waals surface area contributed by atoms with Gasteiger partial charge < -0.3 is 0 Å². The van der Waals surface area contributed by atoms with Crippen molar-refractivity contribution in [2.24, 2.45) is 5.14 Å². The molecule has 0 saturated carbocycles. The second-order valence-corrected chi connectivity index (χ2v) is 5.22. The lowest BCUT2D eigenvalue weighted by atomic mass is 10.1. The Morgan fingerprint density at radius 3 is 2.47 bits per heavy atom. The Balaban J connectivity index is 2.97. The number of hydrogen-bond donors (Lipinski definition) is 2. The summed E-state index contributed by atoms with van der Waals surface area (Å²) in [6.07, 6.45) is 0. The van der Waals surface area contributed by atoms with Crippen molar-refractivity contribution in [1.29, 1.82) is 0 Å². The molecule has 0 aromatic heterocycles. The summed E-state index contributed by atoms with van der Waals surface area (Å²) in [5.41, 5.74) is 0.620. The van der Waals surface area contributed by atoms with E-state index in [4.69, 9.17) is 28.3 Å². The molecule has 0 radical (unpaired) electrons. The van der Waals surface area contributed by atoms with E-state index in [1.54, 1.807) is 25.1 Å². The van der Waals surface area contributed by atoms with E-state index in [9.17, 15) is 8.42 Å². The van der Waals surface area contributed by atoms with E-state index in [0.29, 0.717) is 15.6 Å². The Morgan fingerprint density at radius 2 is 2.00 bits per heavy atom. The minimum absolute atomic E-state index is 0.395. The van der Waals surface area contributed by atoms with Gasteiger partial charge in [0, 0.05) is 16.1 Å². The lowest BCUT2D eigenvalue weighted by molar-refractivity contribution is 0.569. The molecule has 7 heteroatoms. The van der Waals surface area contributed by atoms with Crippen molar-refractivity contribution in [3.8, 4) is 0 Å². The van der Waals surface area contributed by atoms with Gasteiger partial charge in [0.05, 0.1) is 0 Å². The third kappa shape index (κ3) is 3.96. The number of benzene rings is 1. The fourth-order valence-corrected chi connectivity index (χ4v) is 2.35. The molecule has 0 saturated heterocycles. The normalized spacial score (nSPS) is 13.9. The summed E-state index contributed by atoms with van der Waals surface area (Å²) in [6.45, 7) is 1.64. The van der Waals surface area contributed by atoms with Crippen LogP contribution in [0.3, 0.4) is 0 Å². The quantitative estimate of drug-likeness (QED) is 0.878. The van der Waals surface area contributed by atoms with E-state index in [1.807, 2.05) is 0 Å². The van der Waals surface area contributed by atoms with E-state index in [1.165, 1.54) is 0 Å². The van der Waals surface area contributed by atoms with Gasteiger partial charge in [0.1, 0.15) is 0 Å². The van der Waals surface area contributed by atoms with Crippen LogP contribution in [0, 0.1) is 0 Å². The molecule has 1 aromatic rings. The largest absolute Gasteiger partial charge is 0.274 e. The number of halogens is 2. The van der Waals surface area contributed by atoms with Gasteiger partial charge in [0.2, 0.25) is 0 Å². The summed E-state index contributed by atoms with van der Waals surface area (Å²) in [7, 11) is -3.74. The Kier molecular flexibility index (Phi) is 3.97. The van der Waals surface area contributed by atoms with Crippen LogP contribution in [0.25, 0.3) is 0 Å². The molecular formula is C8H10Cl2N2O2S. The first-order chi connectivity index (χ1) is 6.79. The number of nitrogens with one attached hydrogen (secondary N) is 1. The molecule has 1 atom stereocenters. The average molecular weight is 269 g/mol. The molecule has 1 aromatic carbocycles. The molecule has 0 heterocycles. The molecule has 1 unspecified atom stereocenters. The fourth-order valence-electron chi connectivity index (χ4n) is 1.16. The van der Waals surface area contributed by atoms with Gasteiger partial charge in [-0.15, -0.1) is 0 Å². The van der Waals surface area contributed by atoms with Crippen LogP contribution in [-0.2, 0) is 10.2 Å². The second kappa shape index (κ2) is 4.67. The van der Waals surface area contributed by atoms with Crippen LogP contribution in [-0.4, -0.2) is 8.42 Å². The summed E-state index contributed by atoms with van der Waals surface area (Å²) < 4.78 is 23.8. The van der Waals surface area contributed by atoms with E-state index >= 15 is 0 Å². The van der Waals surface area contributed by atoms with Gasteiger partial charge in [-0.2, -0.15) is 13.1 Å². The molecule has 0 amide bonds. The monoisotopic (exact) mass is 268 g/mol.